The molecule has 2 rings (SSSR count). The fourth-order valence-electron chi connectivity index (χ4n) is 8.17. The normalized spacial score (nSPS) is 25.9. The highest BCUT2D eigenvalue weighted by molar-refractivity contribution is 5.70. The fourth-order valence-corrected chi connectivity index (χ4v) is 8.17. The van der Waals surface area contributed by atoms with E-state index in [9.17, 15) is 45.3 Å². The van der Waals surface area contributed by atoms with Gasteiger partial charge < -0.3 is 64.2 Å². The number of unbranched alkanes of at least 4 members (excludes halogenated alkanes) is 19. The monoisotopic (exact) mass is 983 g/mol. The van der Waals surface area contributed by atoms with Crippen molar-refractivity contribution in [2.24, 2.45) is 0 Å². The molecule has 400 valence electrons. The third-order valence-corrected chi connectivity index (χ3v) is 12.5. The Kier molecular flexibility index (Phi) is 37.2. The molecule has 11 unspecified atom stereocenters. The van der Waals surface area contributed by atoms with Crippen molar-refractivity contribution in [3.63, 3.8) is 0 Å². The molecule has 0 bridgehead atoms. The van der Waals surface area contributed by atoms with E-state index in [4.69, 9.17) is 28.4 Å². The molecule has 0 spiro atoms. The molecule has 2 fully saturated rings. The van der Waals surface area contributed by atoms with Crippen LogP contribution in [0.4, 0.5) is 0 Å². The van der Waals surface area contributed by atoms with Gasteiger partial charge in [0.25, 0.3) is 0 Å². The average molecular weight is 983 g/mol. The van der Waals surface area contributed by atoms with Crippen LogP contribution < -0.4 is 0 Å². The van der Waals surface area contributed by atoms with E-state index < -0.39 is 92.7 Å². The van der Waals surface area contributed by atoms with Gasteiger partial charge >= 0.3 is 11.9 Å². The van der Waals surface area contributed by atoms with E-state index in [0.29, 0.717) is 12.8 Å². The number of ether oxygens (including phenoxy) is 6. The van der Waals surface area contributed by atoms with Gasteiger partial charge in [0.15, 0.2) is 18.7 Å². The minimum Gasteiger partial charge on any atom is -0.462 e. The molecule has 0 aliphatic carbocycles. The third kappa shape index (κ3) is 28.9. The molecule has 2 aliphatic heterocycles. The molecule has 11 atom stereocenters. The van der Waals surface area contributed by atoms with Gasteiger partial charge in [-0.3, -0.25) is 9.59 Å². The quantitative estimate of drug-likeness (QED) is 0.0176. The van der Waals surface area contributed by atoms with Crippen LogP contribution in [-0.4, -0.2) is 142 Å². The van der Waals surface area contributed by atoms with E-state index in [2.05, 4.69) is 62.5 Å². The summed E-state index contributed by atoms with van der Waals surface area (Å²) in [5, 5.41) is 72.1. The molecule has 0 aromatic rings. The lowest BCUT2D eigenvalue weighted by atomic mass is 9.98. The molecule has 0 amide bonds. The summed E-state index contributed by atoms with van der Waals surface area (Å²) in [6.07, 6.45) is 28.4. The van der Waals surface area contributed by atoms with Gasteiger partial charge in [-0.2, -0.15) is 0 Å². The number of aliphatic hydroxyl groups excluding tert-OH is 7. The lowest BCUT2D eigenvalue weighted by Crippen LogP contribution is -2.61. The van der Waals surface area contributed by atoms with Gasteiger partial charge in [-0.15, -0.1) is 0 Å². The molecule has 0 aromatic heterocycles. The summed E-state index contributed by atoms with van der Waals surface area (Å²) in [6.45, 7) is 2.46. The van der Waals surface area contributed by atoms with Gasteiger partial charge in [0.1, 0.15) is 55.4 Å². The van der Waals surface area contributed by atoms with Gasteiger partial charge in [-0.25, -0.2) is 0 Å². The van der Waals surface area contributed by atoms with Crippen LogP contribution in [0, 0.1) is 0 Å². The molecule has 15 nitrogen and oxygen atoms in total. The summed E-state index contributed by atoms with van der Waals surface area (Å²) in [7, 11) is 0. The molecule has 2 saturated heterocycles. The number of allylic oxidation sites excluding steroid dienone is 8. The molecule has 2 heterocycles. The zero-order chi connectivity index (χ0) is 50.3. The Morgan fingerprint density at radius 3 is 1.45 bits per heavy atom. The van der Waals surface area contributed by atoms with E-state index >= 15 is 0 Å². The Morgan fingerprint density at radius 1 is 0.478 bits per heavy atom. The fraction of sp³-hybridized carbons (Fsp3) is 0.815. The molecular weight excluding hydrogens is 889 g/mol. The summed E-state index contributed by atoms with van der Waals surface area (Å²) < 4.78 is 33.6. The molecule has 7 N–H and O–H groups in total. The third-order valence-electron chi connectivity index (χ3n) is 12.5. The lowest BCUT2D eigenvalue weighted by molar-refractivity contribution is -0.332. The molecule has 2 aliphatic rings. The van der Waals surface area contributed by atoms with Crippen molar-refractivity contribution in [1.29, 1.82) is 0 Å². The van der Waals surface area contributed by atoms with Crippen molar-refractivity contribution in [3.05, 3.63) is 48.6 Å². The molecular formula is C54H94O15. The number of carbonyl (C=O) groups is 2. The zero-order valence-electron chi connectivity index (χ0n) is 42.3. The molecule has 0 aromatic carbocycles. The SMILES string of the molecule is CC/C=C\C/C=C\C/C=C\CCCCCCCCCC(=O)OC(COC(=O)CCCCCCC/C=C\CCCCCCCCC)COC1OC(COC2OC(CO)C(O)C(O)C2O)C(O)C(O)C1O. The van der Waals surface area contributed by atoms with Gasteiger partial charge in [0.2, 0.25) is 0 Å². The Bertz CT molecular complexity index is 1390. The van der Waals surface area contributed by atoms with Gasteiger partial charge in [0, 0.05) is 12.8 Å². The first-order chi connectivity index (χ1) is 33.5. The van der Waals surface area contributed by atoms with Crippen LogP contribution in [0.25, 0.3) is 0 Å². The second kappa shape index (κ2) is 41.0. The summed E-state index contributed by atoms with van der Waals surface area (Å²) in [5.74, 6) is -0.945. The van der Waals surface area contributed by atoms with E-state index in [0.717, 1.165) is 103 Å². The minimum atomic E-state index is -1.77. The Balaban J connectivity index is 1.80. The Morgan fingerprint density at radius 2 is 0.913 bits per heavy atom. The first kappa shape index (κ1) is 62.6. The first-order valence-corrected chi connectivity index (χ1v) is 26.7. The van der Waals surface area contributed by atoms with Crippen LogP contribution in [0.2, 0.25) is 0 Å². The zero-order valence-corrected chi connectivity index (χ0v) is 42.3. The summed E-state index contributed by atoms with van der Waals surface area (Å²) in [5.41, 5.74) is 0. The number of carbonyl (C=O) groups excluding carboxylic acids is 2. The van der Waals surface area contributed by atoms with Gasteiger partial charge in [-0.05, 0) is 70.6 Å². The van der Waals surface area contributed by atoms with Crippen molar-refractivity contribution in [2.75, 3.05) is 26.4 Å². The second-order valence-corrected chi connectivity index (χ2v) is 18.7. The number of esters is 2. The predicted octanol–water partition coefficient (Wildman–Crippen LogP) is 7.88. The van der Waals surface area contributed by atoms with Crippen molar-refractivity contribution >= 4 is 11.9 Å². The predicted molar refractivity (Wildman–Crippen MR) is 266 cm³/mol. The van der Waals surface area contributed by atoms with Crippen LogP contribution in [0.1, 0.15) is 187 Å². The van der Waals surface area contributed by atoms with Crippen LogP contribution in [0.5, 0.6) is 0 Å². The Labute approximate surface area is 414 Å². The van der Waals surface area contributed by atoms with E-state index in [1.54, 1.807) is 0 Å². The largest absolute Gasteiger partial charge is 0.462 e. The molecule has 15 heteroatoms. The van der Waals surface area contributed by atoms with Crippen LogP contribution in [0.15, 0.2) is 48.6 Å². The smallest absolute Gasteiger partial charge is 0.306 e. The topological polar surface area (TPSA) is 231 Å². The Hall–Kier alpha value is -2.54. The van der Waals surface area contributed by atoms with E-state index in [-0.39, 0.29) is 26.1 Å². The first-order valence-electron chi connectivity index (χ1n) is 26.7. The number of rotatable bonds is 41. The van der Waals surface area contributed by atoms with Gasteiger partial charge in [-0.1, -0.05) is 152 Å². The average Bonchev–Trinajstić information content (AvgIpc) is 3.34. The van der Waals surface area contributed by atoms with Gasteiger partial charge in [0.05, 0.1) is 19.8 Å². The highest BCUT2D eigenvalue weighted by atomic mass is 16.7. The van der Waals surface area contributed by atoms with Crippen molar-refractivity contribution in [3.8, 4) is 0 Å². The maximum Gasteiger partial charge on any atom is 0.306 e. The highest BCUT2D eigenvalue weighted by Crippen LogP contribution is 2.26. The van der Waals surface area contributed by atoms with E-state index in [1.807, 2.05) is 0 Å². The number of hydrogen-bond donors (Lipinski definition) is 7. The second-order valence-electron chi connectivity index (χ2n) is 18.7. The lowest BCUT2D eigenvalue weighted by Gasteiger charge is -2.42. The summed E-state index contributed by atoms with van der Waals surface area (Å²) in [4.78, 5) is 25.8. The van der Waals surface area contributed by atoms with Crippen LogP contribution in [0.3, 0.4) is 0 Å². The summed E-state index contributed by atoms with van der Waals surface area (Å²) in [6, 6.07) is 0. The van der Waals surface area contributed by atoms with Crippen molar-refractivity contribution in [2.45, 2.75) is 255 Å². The number of aliphatic hydroxyl groups is 7. The molecule has 0 saturated carbocycles. The molecule has 0 radical (unpaired) electrons. The van der Waals surface area contributed by atoms with Crippen LogP contribution >= 0.6 is 0 Å². The summed E-state index contributed by atoms with van der Waals surface area (Å²) >= 11 is 0. The highest BCUT2D eigenvalue weighted by Gasteiger charge is 2.47. The standard InChI is InChI=1S/C54H94O15/c1-3-5-7-9-11-13-15-17-19-21-23-25-27-29-31-33-35-37-46(57)67-42(39-64-45(56)36-34-32-30-28-26-24-22-20-18-16-14-12-10-8-6-4-2)40-65-53-52(63)50(61)48(59)44(69-53)41-66-54-51(62)49(60)47(58)43(38-55)68-54/h5,7,11,13,17,19-20,22,42-44,47-55,58-63H,3-4,6,8-10,12,14-16,18,21,23-41H2,1-2H3/b7-5-,13-11-,19-17-,22-20-. The van der Waals surface area contributed by atoms with Crippen molar-refractivity contribution in [1.82, 2.24) is 0 Å². The minimum absolute atomic E-state index is 0.151. The number of hydrogen-bond acceptors (Lipinski definition) is 15. The maximum absolute atomic E-state index is 13.0. The molecule has 69 heavy (non-hydrogen) atoms. The van der Waals surface area contributed by atoms with Crippen LogP contribution in [-0.2, 0) is 38.0 Å². The van der Waals surface area contributed by atoms with E-state index in [1.165, 1.54) is 44.9 Å². The maximum atomic E-state index is 13.0. The van der Waals surface area contributed by atoms with Crippen molar-refractivity contribution < 1.29 is 73.8 Å².